The number of nitriles is 1. The normalized spacial score (nSPS) is 12.6. The lowest BCUT2D eigenvalue weighted by molar-refractivity contribution is -0.131. The third-order valence-corrected chi connectivity index (χ3v) is 5.78. The van der Waals surface area contributed by atoms with Crippen LogP contribution in [0.3, 0.4) is 0 Å². The molecule has 2 aromatic carbocycles. The number of rotatable bonds is 6. The van der Waals surface area contributed by atoms with Crippen molar-refractivity contribution >= 4 is 18.3 Å². The molecule has 0 unspecified atom stereocenters. The summed E-state index contributed by atoms with van der Waals surface area (Å²) in [6.45, 7) is 7.51. The molecule has 1 aliphatic heterocycles. The van der Waals surface area contributed by atoms with Gasteiger partial charge in [-0.1, -0.05) is 17.3 Å². The van der Waals surface area contributed by atoms with Crippen LogP contribution in [0, 0.1) is 18.3 Å². The maximum absolute atomic E-state index is 12.2. The maximum atomic E-state index is 12.2. The fourth-order valence-electron chi connectivity index (χ4n) is 4.13. The second kappa shape index (κ2) is 10.7. The average Bonchev–Trinajstić information content (AvgIpc) is 3.29. The molecule has 2 heterocycles. The Hall–Kier alpha value is -3.41. The molecule has 4 rings (SSSR count). The molecule has 178 valence electrons. The number of fused-ring (bicyclic) bond motifs is 1. The summed E-state index contributed by atoms with van der Waals surface area (Å²) >= 11 is 0. The number of amides is 1. The van der Waals surface area contributed by atoms with Gasteiger partial charge in [-0.05, 0) is 62.1 Å². The van der Waals surface area contributed by atoms with Gasteiger partial charge in [-0.3, -0.25) is 4.79 Å². The minimum Gasteiger partial charge on any atom is -0.490 e. The standard InChI is InChI=1S/C25H27N5O3.ClH/c1-15(2)32-22-7-5-17(12-19(22)13-27)25-28-24(29-33-25)21-6-4-18-14-30(23(31)8-10-26)11-9-20(18)16(21)3;/h4-7,12,15H,8-11,14,26H2,1-3H3;1H. The van der Waals surface area contributed by atoms with Crippen molar-refractivity contribution in [3.63, 3.8) is 0 Å². The first kappa shape index (κ1) is 25.2. The van der Waals surface area contributed by atoms with E-state index in [1.54, 1.807) is 12.1 Å². The average molecular weight is 482 g/mol. The first-order valence-corrected chi connectivity index (χ1v) is 11.1. The molecule has 0 radical (unpaired) electrons. The van der Waals surface area contributed by atoms with E-state index in [0.717, 1.165) is 23.1 Å². The van der Waals surface area contributed by atoms with E-state index in [0.29, 0.717) is 54.6 Å². The van der Waals surface area contributed by atoms with Crippen molar-refractivity contribution in [2.24, 2.45) is 5.73 Å². The van der Waals surface area contributed by atoms with Crippen LogP contribution < -0.4 is 10.5 Å². The van der Waals surface area contributed by atoms with Gasteiger partial charge in [-0.25, -0.2) is 0 Å². The van der Waals surface area contributed by atoms with Crippen molar-refractivity contribution in [1.82, 2.24) is 15.0 Å². The minimum atomic E-state index is -0.0317. The van der Waals surface area contributed by atoms with E-state index in [1.165, 1.54) is 5.56 Å². The molecule has 8 nitrogen and oxygen atoms in total. The topological polar surface area (TPSA) is 118 Å². The molecule has 1 aliphatic rings. The van der Waals surface area contributed by atoms with Crippen LogP contribution in [-0.2, 0) is 17.8 Å². The number of nitrogens with zero attached hydrogens (tertiary/aromatic N) is 4. The summed E-state index contributed by atoms with van der Waals surface area (Å²) in [7, 11) is 0. The Labute approximate surface area is 205 Å². The Balaban J connectivity index is 0.00000324. The fourth-order valence-corrected chi connectivity index (χ4v) is 4.13. The number of halogens is 1. The highest BCUT2D eigenvalue weighted by molar-refractivity contribution is 5.85. The molecular formula is C25H28ClN5O3. The van der Waals surface area contributed by atoms with Crippen LogP contribution in [0.15, 0.2) is 34.9 Å². The number of benzene rings is 2. The fraction of sp³-hybridized carbons (Fsp3) is 0.360. The Morgan fingerprint density at radius 2 is 2.12 bits per heavy atom. The molecule has 0 bridgehead atoms. The summed E-state index contributed by atoms with van der Waals surface area (Å²) in [5, 5.41) is 13.7. The van der Waals surface area contributed by atoms with E-state index in [1.807, 2.05) is 43.9 Å². The summed E-state index contributed by atoms with van der Waals surface area (Å²) in [6.07, 6.45) is 1.12. The van der Waals surface area contributed by atoms with Crippen LogP contribution in [-0.4, -0.2) is 40.1 Å². The van der Waals surface area contributed by atoms with Crippen LogP contribution in [0.5, 0.6) is 5.75 Å². The number of carbonyl (C=O) groups excluding carboxylic acids is 1. The largest absolute Gasteiger partial charge is 0.490 e. The molecule has 34 heavy (non-hydrogen) atoms. The van der Waals surface area contributed by atoms with Gasteiger partial charge >= 0.3 is 0 Å². The quantitative estimate of drug-likeness (QED) is 0.564. The summed E-state index contributed by atoms with van der Waals surface area (Å²) < 4.78 is 11.2. The van der Waals surface area contributed by atoms with E-state index < -0.39 is 0 Å². The summed E-state index contributed by atoms with van der Waals surface area (Å²) in [5.41, 5.74) is 10.9. The number of ether oxygens (including phenoxy) is 1. The predicted octanol–water partition coefficient (Wildman–Crippen LogP) is 4.03. The molecule has 0 saturated carbocycles. The highest BCUT2D eigenvalue weighted by Crippen LogP contribution is 2.32. The molecule has 9 heteroatoms. The van der Waals surface area contributed by atoms with Crippen LogP contribution in [0.4, 0.5) is 0 Å². The van der Waals surface area contributed by atoms with Crippen molar-refractivity contribution in [3.05, 3.63) is 52.6 Å². The van der Waals surface area contributed by atoms with Gasteiger partial charge in [-0.2, -0.15) is 10.2 Å². The second-order valence-electron chi connectivity index (χ2n) is 8.39. The molecule has 3 aromatic rings. The lowest BCUT2D eigenvalue weighted by atomic mass is 9.91. The van der Waals surface area contributed by atoms with E-state index in [-0.39, 0.29) is 24.4 Å². The lowest BCUT2D eigenvalue weighted by Crippen LogP contribution is -2.37. The zero-order chi connectivity index (χ0) is 23.5. The van der Waals surface area contributed by atoms with Gasteiger partial charge in [0.1, 0.15) is 11.8 Å². The van der Waals surface area contributed by atoms with Gasteiger partial charge in [0.2, 0.25) is 11.7 Å². The van der Waals surface area contributed by atoms with Gasteiger partial charge in [0.15, 0.2) is 0 Å². The molecule has 1 aromatic heterocycles. The molecule has 2 N–H and O–H groups in total. The smallest absolute Gasteiger partial charge is 0.258 e. The van der Waals surface area contributed by atoms with Crippen LogP contribution in [0.2, 0.25) is 0 Å². The Bertz CT molecular complexity index is 1230. The zero-order valence-electron chi connectivity index (χ0n) is 19.5. The SMILES string of the molecule is Cc1c(-c2noc(-c3ccc(OC(C)C)c(C#N)c3)n2)ccc2c1CCN(C(=O)CCN)C2.Cl. The van der Waals surface area contributed by atoms with E-state index in [2.05, 4.69) is 16.2 Å². The third kappa shape index (κ3) is 5.06. The van der Waals surface area contributed by atoms with Crippen molar-refractivity contribution < 1.29 is 14.1 Å². The van der Waals surface area contributed by atoms with Gasteiger partial charge in [0.25, 0.3) is 5.89 Å². The number of hydrogen-bond donors (Lipinski definition) is 1. The van der Waals surface area contributed by atoms with Crippen LogP contribution in [0.25, 0.3) is 22.8 Å². The monoisotopic (exact) mass is 481 g/mol. The predicted molar refractivity (Wildman–Crippen MR) is 130 cm³/mol. The van der Waals surface area contributed by atoms with Crippen LogP contribution in [0.1, 0.15) is 42.5 Å². The lowest BCUT2D eigenvalue weighted by Gasteiger charge is -2.30. The second-order valence-corrected chi connectivity index (χ2v) is 8.39. The molecule has 0 saturated heterocycles. The number of nitrogens with two attached hydrogens (primary N) is 1. The Morgan fingerprint density at radius 1 is 1.32 bits per heavy atom. The Kier molecular flexibility index (Phi) is 7.92. The zero-order valence-corrected chi connectivity index (χ0v) is 20.3. The van der Waals surface area contributed by atoms with Gasteiger partial charge in [-0.15, -0.1) is 12.4 Å². The van der Waals surface area contributed by atoms with Crippen molar-refractivity contribution in [2.75, 3.05) is 13.1 Å². The molecule has 0 spiro atoms. The van der Waals surface area contributed by atoms with Gasteiger partial charge in [0.05, 0.1) is 11.7 Å². The Morgan fingerprint density at radius 3 is 2.82 bits per heavy atom. The van der Waals surface area contributed by atoms with E-state index in [9.17, 15) is 10.1 Å². The molecular weight excluding hydrogens is 454 g/mol. The van der Waals surface area contributed by atoms with Crippen molar-refractivity contribution in [3.8, 4) is 34.7 Å². The number of aromatic nitrogens is 2. The molecule has 0 aliphatic carbocycles. The van der Waals surface area contributed by atoms with Gasteiger partial charge < -0.3 is 19.9 Å². The maximum Gasteiger partial charge on any atom is 0.258 e. The summed E-state index contributed by atoms with van der Waals surface area (Å²) in [4.78, 5) is 18.7. The highest BCUT2D eigenvalue weighted by atomic mass is 35.5. The summed E-state index contributed by atoms with van der Waals surface area (Å²) in [6, 6.07) is 11.4. The highest BCUT2D eigenvalue weighted by Gasteiger charge is 2.24. The van der Waals surface area contributed by atoms with E-state index in [4.69, 9.17) is 15.0 Å². The number of hydrogen-bond acceptors (Lipinski definition) is 7. The summed E-state index contributed by atoms with van der Waals surface area (Å²) in [5.74, 6) is 1.45. The van der Waals surface area contributed by atoms with Crippen LogP contribution >= 0.6 is 12.4 Å². The van der Waals surface area contributed by atoms with Gasteiger partial charge in [0, 0.05) is 37.2 Å². The molecule has 0 fully saturated rings. The first-order chi connectivity index (χ1) is 15.9. The van der Waals surface area contributed by atoms with Crippen molar-refractivity contribution in [1.29, 1.82) is 5.26 Å². The molecule has 1 amide bonds. The number of carbonyl (C=O) groups is 1. The van der Waals surface area contributed by atoms with Crippen molar-refractivity contribution in [2.45, 2.75) is 46.3 Å². The minimum absolute atomic E-state index is 0. The van der Waals surface area contributed by atoms with E-state index >= 15 is 0 Å². The first-order valence-electron chi connectivity index (χ1n) is 11.1. The third-order valence-electron chi connectivity index (χ3n) is 5.78. The molecule has 0 atom stereocenters.